The molecule has 176 valence electrons. The summed E-state index contributed by atoms with van der Waals surface area (Å²) < 4.78 is 35.1. The van der Waals surface area contributed by atoms with Gasteiger partial charge in [-0.1, -0.05) is 67.6 Å². The van der Waals surface area contributed by atoms with E-state index in [-0.39, 0.29) is 32.8 Å². The average molecular weight is 474 g/mol. The van der Waals surface area contributed by atoms with E-state index in [1.807, 2.05) is 36.4 Å². The molecule has 2 fully saturated rings. The van der Waals surface area contributed by atoms with Gasteiger partial charge in [-0.2, -0.15) is 17.4 Å². The Morgan fingerprint density at radius 3 is 2.18 bits per heavy atom. The zero-order valence-electron chi connectivity index (χ0n) is 18.3. The number of nitrogens with one attached hydrogen (secondary N) is 1. The number of carbonyl (C=O) groups excluding carboxylic acids is 1. The van der Waals surface area contributed by atoms with Gasteiger partial charge in [-0.25, -0.2) is 4.79 Å². The van der Waals surface area contributed by atoms with E-state index in [1.165, 1.54) is 9.21 Å². The summed E-state index contributed by atoms with van der Waals surface area (Å²) in [6, 6.07) is 18.3. The summed E-state index contributed by atoms with van der Waals surface area (Å²) in [5, 5.41) is 9.92. The lowest BCUT2D eigenvalue weighted by molar-refractivity contribution is -0.140. The van der Waals surface area contributed by atoms with E-state index in [9.17, 15) is 23.1 Å². The number of hydrogen-bond donors (Lipinski definition) is 2. The molecule has 0 spiro atoms. The van der Waals surface area contributed by atoms with Crippen molar-refractivity contribution in [1.29, 1.82) is 0 Å². The largest absolute Gasteiger partial charge is 0.480 e. The minimum Gasteiger partial charge on any atom is -0.480 e. The number of hydrogen-bond acceptors (Lipinski definition) is 5. The first kappa shape index (κ1) is 23.2. The van der Waals surface area contributed by atoms with Gasteiger partial charge < -0.3 is 14.7 Å². The molecular formula is C23H27N3O6S. The fraction of sp³-hybridized carbons (Fsp3) is 0.391. The smallest absolute Gasteiger partial charge is 0.410 e. The van der Waals surface area contributed by atoms with Crippen molar-refractivity contribution < 1.29 is 27.9 Å². The molecule has 1 amide bonds. The predicted molar refractivity (Wildman–Crippen MR) is 121 cm³/mol. The van der Waals surface area contributed by atoms with Crippen molar-refractivity contribution in [3.63, 3.8) is 0 Å². The van der Waals surface area contributed by atoms with Gasteiger partial charge in [-0.3, -0.25) is 4.79 Å². The average Bonchev–Trinajstić information content (AvgIpc) is 3.42. The number of carboxylic acid groups (broad SMARTS) is 1. The molecule has 4 rings (SSSR count). The molecule has 2 aliphatic rings. The summed E-state index contributed by atoms with van der Waals surface area (Å²) in [5.41, 5.74) is 0.0502. The number of nitrogens with zero attached hydrogens (tertiary/aromatic N) is 2. The van der Waals surface area contributed by atoms with Gasteiger partial charge in [-0.15, -0.1) is 0 Å². The number of aliphatic carboxylic acids is 1. The standard InChI is InChI=1S/C23H27N3O6S/c1-17-20(19-10-6-3-7-11-19)23(17,21(27)28)24-33(30,31)26-14-12-25(13-15-26)22(29)32-16-18-8-4-2-5-9-18/h2-11,17,20,24H,12-16H2,1H3,(H,27,28)/t17?,20-,23-/m0/s1. The molecular weight excluding hydrogens is 446 g/mol. The first-order chi connectivity index (χ1) is 15.8. The highest BCUT2D eigenvalue weighted by Crippen LogP contribution is 2.57. The van der Waals surface area contributed by atoms with E-state index >= 15 is 0 Å². The van der Waals surface area contributed by atoms with E-state index in [4.69, 9.17) is 4.74 Å². The van der Waals surface area contributed by atoms with Gasteiger partial charge in [0.2, 0.25) is 0 Å². The van der Waals surface area contributed by atoms with Crippen molar-refractivity contribution in [2.24, 2.45) is 5.92 Å². The van der Waals surface area contributed by atoms with Gasteiger partial charge in [0.1, 0.15) is 12.1 Å². The quantitative estimate of drug-likeness (QED) is 0.636. The Kier molecular flexibility index (Phi) is 6.42. The Labute approximate surface area is 193 Å². The number of benzene rings is 2. The molecule has 10 heteroatoms. The van der Waals surface area contributed by atoms with Crippen LogP contribution in [0.3, 0.4) is 0 Å². The number of amides is 1. The topological polar surface area (TPSA) is 116 Å². The van der Waals surface area contributed by atoms with Crippen LogP contribution in [0.4, 0.5) is 4.79 Å². The fourth-order valence-electron chi connectivity index (χ4n) is 4.50. The van der Waals surface area contributed by atoms with Crippen LogP contribution in [0.15, 0.2) is 60.7 Å². The van der Waals surface area contributed by atoms with Crippen molar-refractivity contribution in [1.82, 2.24) is 13.9 Å². The summed E-state index contributed by atoms with van der Waals surface area (Å²) in [6.45, 7) is 2.29. The summed E-state index contributed by atoms with van der Waals surface area (Å²) >= 11 is 0. The Morgan fingerprint density at radius 1 is 1.03 bits per heavy atom. The van der Waals surface area contributed by atoms with Crippen LogP contribution < -0.4 is 4.72 Å². The summed E-state index contributed by atoms with van der Waals surface area (Å²) in [5.74, 6) is -2.06. The normalized spacial score (nSPS) is 25.4. The van der Waals surface area contributed by atoms with Crippen LogP contribution in [-0.2, 0) is 26.3 Å². The molecule has 3 atom stereocenters. The second-order valence-corrected chi connectivity index (χ2v) is 10.1. The summed E-state index contributed by atoms with van der Waals surface area (Å²) in [6.07, 6.45) is -0.508. The molecule has 2 N–H and O–H groups in total. The van der Waals surface area contributed by atoms with Gasteiger partial charge in [0.05, 0.1) is 0 Å². The molecule has 0 aromatic heterocycles. The number of piperazine rings is 1. The van der Waals surface area contributed by atoms with E-state index in [0.29, 0.717) is 0 Å². The van der Waals surface area contributed by atoms with Crippen LogP contribution >= 0.6 is 0 Å². The number of carbonyl (C=O) groups is 2. The second-order valence-electron chi connectivity index (χ2n) is 8.38. The van der Waals surface area contributed by atoms with Crippen LogP contribution in [0.25, 0.3) is 0 Å². The molecule has 1 heterocycles. The van der Waals surface area contributed by atoms with Crippen molar-refractivity contribution in [3.8, 4) is 0 Å². The highest BCUT2D eigenvalue weighted by Gasteiger charge is 2.70. The lowest BCUT2D eigenvalue weighted by atomic mass is 10.1. The molecule has 1 unspecified atom stereocenters. The van der Waals surface area contributed by atoms with Gasteiger partial charge in [-0.05, 0) is 17.0 Å². The summed E-state index contributed by atoms with van der Waals surface area (Å²) in [7, 11) is -4.08. The highest BCUT2D eigenvalue weighted by molar-refractivity contribution is 7.87. The third-order valence-corrected chi connectivity index (χ3v) is 8.09. The van der Waals surface area contributed by atoms with Crippen molar-refractivity contribution in [2.75, 3.05) is 26.2 Å². The van der Waals surface area contributed by atoms with Crippen LogP contribution in [0.2, 0.25) is 0 Å². The zero-order chi connectivity index (χ0) is 23.6. The van der Waals surface area contributed by atoms with Gasteiger partial charge in [0.25, 0.3) is 10.2 Å². The third-order valence-electron chi connectivity index (χ3n) is 6.45. The lowest BCUT2D eigenvalue weighted by Crippen LogP contribution is -2.57. The van der Waals surface area contributed by atoms with E-state index < -0.39 is 39.6 Å². The third kappa shape index (κ3) is 4.59. The maximum absolute atomic E-state index is 13.1. The number of rotatable bonds is 7. The fourth-order valence-corrected chi connectivity index (χ4v) is 6.10. The highest BCUT2D eigenvalue weighted by atomic mass is 32.2. The molecule has 0 bridgehead atoms. The van der Waals surface area contributed by atoms with E-state index in [0.717, 1.165) is 11.1 Å². The second kappa shape index (κ2) is 9.12. The number of carboxylic acids is 1. The Balaban J connectivity index is 1.37. The molecule has 33 heavy (non-hydrogen) atoms. The van der Waals surface area contributed by atoms with E-state index in [1.54, 1.807) is 31.2 Å². The molecule has 2 aromatic carbocycles. The molecule has 9 nitrogen and oxygen atoms in total. The molecule has 1 aliphatic carbocycles. The van der Waals surface area contributed by atoms with Crippen molar-refractivity contribution >= 4 is 22.3 Å². The molecule has 2 aromatic rings. The monoisotopic (exact) mass is 473 g/mol. The lowest BCUT2D eigenvalue weighted by Gasteiger charge is -2.34. The first-order valence-corrected chi connectivity index (χ1v) is 12.2. The Bertz CT molecular complexity index is 1100. The van der Waals surface area contributed by atoms with Crippen molar-refractivity contribution in [3.05, 3.63) is 71.8 Å². The zero-order valence-corrected chi connectivity index (χ0v) is 19.1. The molecule has 0 radical (unpaired) electrons. The van der Waals surface area contributed by atoms with Crippen LogP contribution in [0.1, 0.15) is 24.0 Å². The minimum absolute atomic E-state index is 0.0514. The van der Waals surface area contributed by atoms with Gasteiger partial charge in [0.15, 0.2) is 0 Å². The predicted octanol–water partition coefficient (Wildman–Crippen LogP) is 2.03. The van der Waals surface area contributed by atoms with Crippen LogP contribution in [0.5, 0.6) is 0 Å². The van der Waals surface area contributed by atoms with Crippen LogP contribution in [0, 0.1) is 5.92 Å². The maximum atomic E-state index is 13.1. The molecule has 1 saturated heterocycles. The maximum Gasteiger partial charge on any atom is 0.410 e. The minimum atomic E-state index is -4.08. The van der Waals surface area contributed by atoms with Crippen LogP contribution in [-0.4, -0.2) is 66.5 Å². The first-order valence-electron chi connectivity index (χ1n) is 10.8. The Morgan fingerprint density at radius 2 is 1.61 bits per heavy atom. The van der Waals surface area contributed by atoms with Crippen molar-refractivity contribution in [2.45, 2.75) is 25.0 Å². The summed E-state index contributed by atoms with van der Waals surface area (Å²) in [4.78, 5) is 25.9. The van der Waals surface area contributed by atoms with Gasteiger partial charge in [0, 0.05) is 32.1 Å². The number of ether oxygens (including phenoxy) is 1. The SMILES string of the molecule is CC1[C@@H](c2ccccc2)[C@]1(NS(=O)(=O)N1CCN(C(=O)OCc2ccccc2)CC1)C(=O)O. The Hall–Kier alpha value is -2.95. The van der Waals surface area contributed by atoms with Gasteiger partial charge >= 0.3 is 12.1 Å². The molecule has 1 saturated carbocycles. The molecule has 1 aliphatic heterocycles. The van der Waals surface area contributed by atoms with E-state index in [2.05, 4.69) is 4.72 Å².